The Hall–Kier alpha value is -2.00. The minimum atomic E-state index is 0. The number of amidine groups is 1. The van der Waals surface area contributed by atoms with E-state index in [1.165, 1.54) is 0 Å². The first-order chi connectivity index (χ1) is 8.25. The van der Waals surface area contributed by atoms with E-state index in [0.29, 0.717) is 6.61 Å². The molecule has 94 valence electrons. The van der Waals surface area contributed by atoms with Crippen molar-refractivity contribution in [1.82, 2.24) is 0 Å². The Morgan fingerprint density at radius 1 is 1.06 bits per heavy atom. The molecule has 2 aromatic carbocycles. The van der Waals surface area contributed by atoms with Crippen LogP contribution in [0.2, 0.25) is 0 Å². The summed E-state index contributed by atoms with van der Waals surface area (Å²) in [4.78, 5) is 0. The van der Waals surface area contributed by atoms with Crippen molar-refractivity contribution in [3.05, 3.63) is 65.7 Å². The van der Waals surface area contributed by atoms with E-state index in [1.54, 1.807) is 0 Å². The van der Waals surface area contributed by atoms with E-state index >= 15 is 0 Å². The quantitative estimate of drug-likeness (QED) is 0.657. The third-order valence-corrected chi connectivity index (χ3v) is 2.39. The summed E-state index contributed by atoms with van der Waals surface area (Å²) in [7, 11) is 0. The van der Waals surface area contributed by atoms with Gasteiger partial charge in [-0.2, -0.15) is 0 Å². The van der Waals surface area contributed by atoms with Gasteiger partial charge in [-0.15, -0.1) is 12.4 Å². The van der Waals surface area contributed by atoms with E-state index in [4.69, 9.17) is 15.9 Å². The first-order valence-electron chi connectivity index (χ1n) is 5.37. The van der Waals surface area contributed by atoms with Gasteiger partial charge in [0.2, 0.25) is 0 Å². The highest BCUT2D eigenvalue weighted by Crippen LogP contribution is 2.12. The third kappa shape index (κ3) is 3.79. The van der Waals surface area contributed by atoms with Crippen LogP contribution in [0.25, 0.3) is 0 Å². The Labute approximate surface area is 113 Å². The van der Waals surface area contributed by atoms with Gasteiger partial charge in [-0.1, -0.05) is 36.4 Å². The summed E-state index contributed by atoms with van der Waals surface area (Å²) in [6.07, 6.45) is 0. The van der Waals surface area contributed by atoms with Crippen molar-refractivity contribution in [2.75, 3.05) is 0 Å². The van der Waals surface area contributed by atoms with E-state index in [-0.39, 0.29) is 18.2 Å². The van der Waals surface area contributed by atoms with Crippen molar-refractivity contribution in [1.29, 1.82) is 5.41 Å². The van der Waals surface area contributed by atoms with Crippen LogP contribution >= 0.6 is 12.4 Å². The van der Waals surface area contributed by atoms with E-state index in [0.717, 1.165) is 16.9 Å². The Balaban J connectivity index is 0.00000162. The molecule has 0 spiro atoms. The zero-order valence-electron chi connectivity index (χ0n) is 9.80. The van der Waals surface area contributed by atoms with Gasteiger partial charge < -0.3 is 10.5 Å². The molecule has 0 amide bonds. The number of hydrogen-bond donors (Lipinski definition) is 2. The van der Waals surface area contributed by atoms with Gasteiger partial charge in [-0.25, -0.2) is 0 Å². The Bertz CT molecular complexity index is 514. The summed E-state index contributed by atoms with van der Waals surface area (Å²) in [5, 5.41) is 7.37. The van der Waals surface area contributed by atoms with Gasteiger partial charge in [0, 0.05) is 5.56 Å². The molecule has 0 aromatic heterocycles. The highest BCUT2D eigenvalue weighted by Gasteiger charge is 1.99. The molecule has 0 aliphatic rings. The minimum absolute atomic E-state index is 0. The maximum Gasteiger partial charge on any atom is 0.122 e. The largest absolute Gasteiger partial charge is 0.489 e. The molecule has 0 fully saturated rings. The van der Waals surface area contributed by atoms with Crippen LogP contribution in [0.4, 0.5) is 0 Å². The summed E-state index contributed by atoms with van der Waals surface area (Å²) in [5.41, 5.74) is 7.16. The molecule has 3 nitrogen and oxygen atoms in total. The summed E-state index contributed by atoms with van der Waals surface area (Å²) in [6.45, 7) is 0.477. The standard InChI is InChI=1S/C14H14N2O.ClH/c15-14(16)12-6-4-5-11(9-12)10-17-13-7-2-1-3-8-13;/h1-9H,10H2,(H3,15,16);1H. The third-order valence-electron chi connectivity index (χ3n) is 2.39. The van der Waals surface area contributed by atoms with Gasteiger partial charge >= 0.3 is 0 Å². The Kier molecular flexibility index (Phi) is 5.21. The lowest BCUT2D eigenvalue weighted by molar-refractivity contribution is 0.306. The lowest BCUT2D eigenvalue weighted by atomic mass is 10.1. The fourth-order valence-corrected chi connectivity index (χ4v) is 1.51. The molecule has 0 unspecified atom stereocenters. The predicted octanol–water partition coefficient (Wildman–Crippen LogP) is 2.97. The van der Waals surface area contributed by atoms with Gasteiger partial charge in [0.05, 0.1) is 0 Å². The molecule has 0 radical (unpaired) electrons. The molecule has 0 atom stereocenters. The topological polar surface area (TPSA) is 59.1 Å². The SMILES string of the molecule is Cl.N=C(N)c1cccc(COc2ccccc2)c1. The van der Waals surface area contributed by atoms with Gasteiger partial charge in [-0.05, 0) is 23.8 Å². The molecule has 4 heteroatoms. The maximum absolute atomic E-state index is 7.37. The van der Waals surface area contributed by atoms with Crippen LogP contribution in [0.1, 0.15) is 11.1 Å². The molecular weight excluding hydrogens is 248 g/mol. The lowest BCUT2D eigenvalue weighted by Gasteiger charge is -2.07. The fraction of sp³-hybridized carbons (Fsp3) is 0.0714. The van der Waals surface area contributed by atoms with Crippen molar-refractivity contribution < 1.29 is 4.74 Å². The summed E-state index contributed by atoms with van der Waals surface area (Å²) in [5.74, 6) is 0.910. The zero-order chi connectivity index (χ0) is 12.1. The number of benzene rings is 2. The van der Waals surface area contributed by atoms with E-state index in [1.807, 2.05) is 54.6 Å². The first-order valence-corrected chi connectivity index (χ1v) is 5.37. The second-order valence-corrected chi connectivity index (χ2v) is 3.72. The average molecular weight is 263 g/mol. The molecule has 0 heterocycles. The molecule has 2 aromatic rings. The predicted molar refractivity (Wildman–Crippen MR) is 75.5 cm³/mol. The molecular formula is C14H15ClN2O. The van der Waals surface area contributed by atoms with Crippen molar-refractivity contribution in [2.24, 2.45) is 5.73 Å². The molecule has 0 saturated carbocycles. The van der Waals surface area contributed by atoms with Gasteiger partial charge in [0.1, 0.15) is 18.2 Å². The molecule has 2 rings (SSSR count). The molecule has 0 saturated heterocycles. The summed E-state index contributed by atoms with van der Waals surface area (Å²) < 4.78 is 5.62. The highest BCUT2D eigenvalue weighted by atomic mass is 35.5. The van der Waals surface area contributed by atoms with Crippen LogP contribution in [0.3, 0.4) is 0 Å². The normalized spacial score (nSPS) is 9.33. The van der Waals surface area contributed by atoms with Crippen molar-refractivity contribution in [3.63, 3.8) is 0 Å². The molecule has 3 N–H and O–H groups in total. The van der Waals surface area contributed by atoms with Crippen LogP contribution in [-0.4, -0.2) is 5.84 Å². The highest BCUT2D eigenvalue weighted by molar-refractivity contribution is 5.95. The monoisotopic (exact) mass is 262 g/mol. The number of rotatable bonds is 4. The van der Waals surface area contributed by atoms with Crippen LogP contribution in [0, 0.1) is 5.41 Å². The van der Waals surface area contributed by atoms with Crippen LogP contribution in [-0.2, 0) is 6.61 Å². The average Bonchev–Trinajstić information content (AvgIpc) is 2.38. The van der Waals surface area contributed by atoms with Gasteiger partial charge in [0.25, 0.3) is 0 Å². The van der Waals surface area contributed by atoms with E-state index < -0.39 is 0 Å². The number of nitrogens with one attached hydrogen (secondary N) is 1. The van der Waals surface area contributed by atoms with Gasteiger partial charge in [0.15, 0.2) is 0 Å². The number of para-hydroxylation sites is 1. The minimum Gasteiger partial charge on any atom is -0.489 e. The first kappa shape index (κ1) is 14.1. The van der Waals surface area contributed by atoms with Crippen LogP contribution in [0.15, 0.2) is 54.6 Å². The summed E-state index contributed by atoms with van der Waals surface area (Å²) in [6, 6.07) is 17.1. The number of ether oxygens (including phenoxy) is 1. The Morgan fingerprint density at radius 2 is 1.78 bits per heavy atom. The molecule has 18 heavy (non-hydrogen) atoms. The molecule has 0 aliphatic heterocycles. The molecule has 0 aliphatic carbocycles. The van der Waals surface area contributed by atoms with E-state index in [2.05, 4.69) is 0 Å². The molecule has 0 bridgehead atoms. The second-order valence-electron chi connectivity index (χ2n) is 3.72. The van der Waals surface area contributed by atoms with E-state index in [9.17, 15) is 0 Å². The smallest absolute Gasteiger partial charge is 0.122 e. The number of nitrogens with two attached hydrogens (primary N) is 1. The zero-order valence-corrected chi connectivity index (χ0v) is 10.6. The fourth-order valence-electron chi connectivity index (χ4n) is 1.51. The lowest BCUT2D eigenvalue weighted by Crippen LogP contribution is -2.11. The van der Waals surface area contributed by atoms with Crippen molar-refractivity contribution in [3.8, 4) is 5.75 Å². The van der Waals surface area contributed by atoms with Crippen molar-refractivity contribution >= 4 is 18.2 Å². The number of nitrogen functional groups attached to an aromatic ring is 1. The maximum atomic E-state index is 7.37. The van der Waals surface area contributed by atoms with Crippen LogP contribution < -0.4 is 10.5 Å². The van der Waals surface area contributed by atoms with Gasteiger partial charge in [-0.3, -0.25) is 5.41 Å². The second kappa shape index (κ2) is 6.67. The number of halogens is 1. The van der Waals surface area contributed by atoms with Crippen LogP contribution in [0.5, 0.6) is 5.75 Å². The van der Waals surface area contributed by atoms with Crippen molar-refractivity contribution in [2.45, 2.75) is 6.61 Å². The Morgan fingerprint density at radius 3 is 2.44 bits per heavy atom. The summed E-state index contributed by atoms with van der Waals surface area (Å²) >= 11 is 0. The number of hydrogen-bond acceptors (Lipinski definition) is 2.